The Balaban J connectivity index is 0. The fourth-order valence-corrected chi connectivity index (χ4v) is 1.29. The molecule has 102 valence electrons. The van der Waals surface area contributed by atoms with Crippen molar-refractivity contribution in [3.63, 3.8) is 0 Å². The minimum Gasteiger partial charge on any atom is -0.295 e. The molecule has 1 rings (SSSR count). The van der Waals surface area contributed by atoms with E-state index in [4.69, 9.17) is 0 Å². The smallest absolute Gasteiger partial charge is 0.152 e. The average Bonchev–Trinajstić information content (AvgIpc) is 2.31. The molecule has 1 aromatic carbocycles. The molecule has 0 atom stereocenters. The lowest BCUT2D eigenvalue weighted by atomic mass is 9.98. The lowest BCUT2D eigenvalue weighted by molar-refractivity contribution is -0.112. The Morgan fingerprint density at radius 3 is 2.06 bits per heavy atom. The molecule has 1 nitrogen and oxygen atoms in total. The van der Waals surface area contributed by atoms with E-state index in [1.54, 1.807) is 6.07 Å². The predicted octanol–water partition coefficient (Wildman–Crippen LogP) is 5.05. The van der Waals surface area contributed by atoms with Crippen LogP contribution in [0, 0.1) is 12.7 Å². The first-order valence-corrected chi connectivity index (χ1v) is 6.27. The predicted molar refractivity (Wildman–Crippen MR) is 77.5 cm³/mol. The van der Waals surface area contributed by atoms with Gasteiger partial charge in [0, 0.05) is 0 Å². The normalized spacial score (nSPS) is 8.67. The highest BCUT2D eigenvalue weighted by atomic mass is 19.1. The van der Waals surface area contributed by atoms with Crippen molar-refractivity contribution in [2.75, 3.05) is 0 Å². The Kier molecular flexibility index (Phi) is 11.2. The van der Waals surface area contributed by atoms with Crippen molar-refractivity contribution in [2.24, 2.45) is 0 Å². The number of ketones is 1. The van der Waals surface area contributed by atoms with Crippen LogP contribution in [-0.2, 0) is 4.79 Å². The molecule has 0 unspecified atom stereocenters. The van der Waals surface area contributed by atoms with E-state index in [2.05, 4.69) is 20.4 Å². The lowest BCUT2D eigenvalue weighted by Crippen LogP contribution is -1.91. The first-order valence-electron chi connectivity index (χ1n) is 6.27. The first kappa shape index (κ1) is 18.9. The number of halogens is 1. The summed E-state index contributed by atoms with van der Waals surface area (Å²) in [5.41, 5.74) is 2.27. The molecule has 0 aliphatic carbocycles. The van der Waals surface area contributed by atoms with E-state index >= 15 is 0 Å². The summed E-state index contributed by atoms with van der Waals surface area (Å²) in [4.78, 5) is 9.69. The van der Waals surface area contributed by atoms with Gasteiger partial charge < -0.3 is 0 Å². The third kappa shape index (κ3) is 8.68. The van der Waals surface area contributed by atoms with E-state index < -0.39 is 0 Å². The van der Waals surface area contributed by atoms with Crippen molar-refractivity contribution < 1.29 is 9.18 Å². The molecule has 1 aromatic rings. The topological polar surface area (TPSA) is 17.1 Å². The summed E-state index contributed by atoms with van der Waals surface area (Å²) in [6.07, 6.45) is 1.28. The van der Waals surface area contributed by atoms with Crippen molar-refractivity contribution in [3.05, 3.63) is 47.8 Å². The largest absolute Gasteiger partial charge is 0.295 e. The van der Waals surface area contributed by atoms with E-state index in [1.165, 1.54) is 24.6 Å². The molecular formula is C16H25FO. The van der Waals surface area contributed by atoms with Crippen LogP contribution in [0.4, 0.5) is 4.39 Å². The van der Waals surface area contributed by atoms with Crippen LogP contribution in [0.5, 0.6) is 0 Å². The fourth-order valence-electron chi connectivity index (χ4n) is 1.29. The molecule has 0 aromatic heterocycles. The fraction of sp³-hybridized carbons (Fsp3) is 0.438. The summed E-state index contributed by atoms with van der Waals surface area (Å²) in [5.74, 6) is 0.354. The molecule has 0 spiro atoms. The number of rotatable bonds is 2. The van der Waals surface area contributed by atoms with E-state index in [-0.39, 0.29) is 11.6 Å². The number of carbonyl (C=O) groups excluding carboxylic acids is 1. The van der Waals surface area contributed by atoms with Crippen LogP contribution in [-0.4, -0.2) is 5.78 Å². The number of allylic oxidation sites excluding steroid dienone is 1. The molecule has 0 aliphatic rings. The zero-order chi connectivity index (χ0) is 14.7. The van der Waals surface area contributed by atoms with Crippen LogP contribution < -0.4 is 0 Å². The highest BCUT2D eigenvalue weighted by Gasteiger charge is 2.02. The van der Waals surface area contributed by atoms with Gasteiger partial charge in [-0.2, -0.15) is 0 Å². The second-order valence-corrected chi connectivity index (χ2v) is 3.97. The van der Waals surface area contributed by atoms with Crippen LogP contribution in [0.2, 0.25) is 0 Å². The van der Waals surface area contributed by atoms with Crippen LogP contribution in [0.1, 0.15) is 51.7 Å². The molecule has 0 heterocycles. The first-order chi connectivity index (χ1) is 8.38. The molecule has 0 N–H and O–H groups in total. The Labute approximate surface area is 111 Å². The molecule has 18 heavy (non-hydrogen) atoms. The minimum atomic E-state index is -0.146. The van der Waals surface area contributed by atoms with Gasteiger partial charge in [-0.1, -0.05) is 40.3 Å². The number of aryl methyl sites for hydroxylation is 1. The average molecular weight is 252 g/mol. The quantitative estimate of drug-likeness (QED) is 0.673. The van der Waals surface area contributed by atoms with E-state index in [0.29, 0.717) is 5.92 Å². The third-order valence-corrected chi connectivity index (χ3v) is 2.14. The van der Waals surface area contributed by atoms with Gasteiger partial charge in [-0.05, 0) is 49.1 Å². The number of benzene rings is 1. The third-order valence-electron chi connectivity index (χ3n) is 2.14. The van der Waals surface area contributed by atoms with Crippen LogP contribution in [0.3, 0.4) is 0 Å². The molecule has 2 heteroatoms. The second-order valence-electron chi connectivity index (χ2n) is 3.97. The zero-order valence-corrected chi connectivity index (χ0v) is 12.4. The Bertz CT molecular complexity index is 367. The van der Waals surface area contributed by atoms with Gasteiger partial charge >= 0.3 is 0 Å². The summed E-state index contributed by atoms with van der Waals surface area (Å²) in [7, 11) is 0. The van der Waals surface area contributed by atoms with E-state index in [0.717, 1.165) is 5.56 Å². The molecule has 0 saturated heterocycles. The summed E-state index contributed by atoms with van der Waals surface area (Å²) in [6.45, 7) is 14.8. The van der Waals surface area contributed by atoms with Crippen LogP contribution in [0.25, 0.3) is 0 Å². The number of hydrogen-bond acceptors (Lipinski definition) is 1. The maximum absolute atomic E-state index is 12.6. The maximum atomic E-state index is 12.6. The van der Waals surface area contributed by atoms with E-state index in [1.807, 2.05) is 26.8 Å². The van der Waals surface area contributed by atoms with Crippen molar-refractivity contribution >= 4 is 5.78 Å². The van der Waals surface area contributed by atoms with Crippen LogP contribution in [0.15, 0.2) is 30.9 Å². The highest BCUT2D eigenvalue weighted by molar-refractivity contribution is 5.86. The molecule has 0 radical (unpaired) electrons. The molecule has 0 fully saturated rings. The van der Waals surface area contributed by atoms with Crippen molar-refractivity contribution in [1.82, 2.24) is 0 Å². The summed E-state index contributed by atoms with van der Waals surface area (Å²) in [5, 5.41) is 0. The van der Waals surface area contributed by atoms with Gasteiger partial charge in [0.15, 0.2) is 5.78 Å². The number of carbonyl (C=O) groups is 1. The second kappa shape index (κ2) is 10.7. The SMILES string of the molecule is C=CC(C)=O.CC.Cc1cc(F)ccc1C(C)C. The van der Waals surface area contributed by atoms with Gasteiger partial charge in [0.2, 0.25) is 0 Å². The Morgan fingerprint density at radius 2 is 1.78 bits per heavy atom. The van der Waals surface area contributed by atoms with E-state index in [9.17, 15) is 9.18 Å². The summed E-state index contributed by atoms with van der Waals surface area (Å²) < 4.78 is 12.6. The van der Waals surface area contributed by atoms with Gasteiger partial charge in [0.1, 0.15) is 5.82 Å². The summed E-state index contributed by atoms with van der Waals surface area (Å²) >= 11 is 0. The van der Waals surface area contributed by atoms with Crippen molar-refractivity contribution in [2.45, 2.75) is 47.5 Å². The van der Waals surface area contributed by atoms with Gasteiger partial charge in [0.05, 0.1) is 0 Å². The Hall–Kier alpha value is -1.44. The molecule has 0 saturated carbocycles. The molecule has 0 bridgehead atoms. The standard InChI is InChI=1S/C10H13F.C4H6O.C2H6/c1-7(2)10-5-4-9(11)6-8(10)3;1-3-4(2)5;1-2/h4-7H,1-3H3;3H,1H2,2H3;1-2H3. The molecular weight excluding hydrogens is 227 g/mol. The monoisotopic (exact) mass is 252 g/mol. The number of hydrogen-bond donors (Lipinski definition) is 0. The molecule has 0 aliphatic heterocycles. The minimum absolute atomic E-state index is 0.0185. The van der Waals surface area contributed by atoms with Gasteiger partial charge in [-0.15, -0.1) is 0 Å². The Morgan fingerprint density at radius 1 is 1.33 bits per heavy atom. The lowest BCUT2D eigenvalue weighted by Gasteiger charge is -2.08. The molecule has 0 amide bonds. The maximum Gasteiger partial charge on any atom is 0.152 e. The van der Waals surface area contributed by atoms with Crippen LogP contribution >= 0.6 is 0 Å². The zero-order valence-electron chi connectivity index (χ0n) is 12.4. The van der Waals surface area contributed by atoms with Gasteiger partial charge in [0.25, 0.3) is 0 Å². The van der Waals surface area contributed by atoms with Gasteiger partial charge in [-0.25, -0.2) is 4.39 Å². The van der Waals surface area contributed by atoms with Crippen molar-refractivity contribution in [1.29, 1.82) is 0 Å². The summed E-state index contributed by atoms with van der Waals surface area (Å²) in [6, 6.07) is 4.95. The highest BCUT2D eigenvalue weighted by Crippen LogP contribution is 2.18. The van der Waals surface area contributed by atoms with Gasteiger partial charge in [-0.3, -0.25) is 4.79 Å². The van der Waals surface area contributed by atoms with Crippen molar-refractivity contribution in [3.8, 4) is 0 Å².